The van der Waals surface area contributed by atoms with Gasteiger partial charge < -0.3 is 9.84 Å². The number of carboxylic acid groups (broad SMARTS) is 1. The zero-order valence-corrected chi connectivity index (χ0v) is 18.2. The molecule has 33 heavy (non-hydrogen) atoms. The lowest BCUT2D eigenvalue weighted by molar-refractivity contribution is -0.138. The first-order valence-corrected chi connectivity index (χ1v) is 10.8. The lowest BCUT2D eigenvalue weighted by atomic mass is 10.0. The number of carbonyl (C=O) groups is 1. The highest BCUT2D eigenvalue weighted by Gasteiger charge is 2.30. The van der Waals surface area contributed by atoms with Crippen LogP contribution in [0.25, 0.3) is 11.3 Å². The molecule has 0 spiro atoms. The first kappa shape index (κ1) is 22.8. The van der Waals surface area contributed by atoms with Gasteiger partial charge in [0.15, 0.2) is 0 Å². The minimum atomic E-state index is -4.36. The summed E-state index contributed by atoms with van der Waals surface area (Å²) in [5.74, 6) is 0.287. The van der Waals surface area contributed by atoms with Gasteiger partial charge in [0.05, 0.1) is 11.3 Å². The number of hydrogen-bond donors (Lipinski definition) is 1. The lowest BCUT2D eigenvalue weighted by Gasteiger charge is -2.14. The van der Waals surface area contributed by atoms with Crippen LogP contribution in [-0.2, 0) is 24.0 Å². The first-order chi connectivity index (χ1) is 15.7. The number of alkyl halides is 3. The van der Waals surface area contributed by atoms with Gasteiger partial charge in [-0.2, -0.15) is 13.2 Å². The highest BCUT2D eigenvalue weighted by molar-refractivity contribution is 5.67. The number of pyridine rings is 1. The van der Waals surface area contributed by atoms with E-state index in [4.69, 9.17) is 9.84 Å². The van der Waals surface area contributed by atoms with E-state index in [1.807, 2.05) is 31.2 Å². The summed E-state index contributed by atoms with van der Waals surface area (Å²) < 4.78 is 44.5. The third kappa shape index (κ3) is 5.72. The average Bonchev–Trinajstić information content (AvgIpc) is 3.62. The Hall–Kier alpha value is -3.35. The Morgan fingerprint density at radius 1 is 1.09 bits per heavy atom. The Balaban J connectivity index is 1.49. The maximum atomic E-state index is 12.8. The fraction of sp³-hybridized carbons (Fsp3) is 0.308. The second kappa shape index (κ2) is 9.25. The Kier molecular flexibility index (Phi) is 6.40. The minimum Gasteiger partial charge on any atom is -0.489 e. The molecule has 0 unspecified atom stereocenters. The molecular weight excluding hydrogens is 431 g/mol. The van der Waals surface area contributed by atoms with Crippen LogP contribution in [0.2, 0.25) is 0 Å². The molecule has 0 aliphatic heterocycles. The lowest BCUT2D eigenvalue weighted by Crippen LogP contribution is -2.04. The number of hydrogen-bond acceptors (Lipinski definition) is 3. The first-order valence-electron chi connectivity index (χ1n) is 10.8. The van der Waals surface area contributed by atoms with Crippen LogP contribution in [0.1, 0.15) is 53.0 Å². The average molecular weight is 455 g/mol. The van der Waals surface area contributed by atoms with E-state index in [2.05, 4.69) is 4.98 Å². The fourth-order valence-electron chi connectivity index (χ4n) is 3.82. The highest BCUT2D eigenvalue weighted by atomic mass is 19.4. The maximum Gasteiger partial charge on any atom is 0.416 e. The second-order valence-electron chi connectivity index (χ2n) is 8.39. The fourth-order valence-corrected chi connectivity index (χ4v) is 3.82. The van der Waals surface area contributed by atoms with Crippen molar-refractivity contribution in [2.45, 2.75) is 51.3 Å². The molecule has 4 rings (SSSR count). The molecule has 3 aromatic rings. The van der Waals surface area contributed by atoms with Gasteiger partial charge in [-0.25, -0.2) is 0 Å². The van der Waals surface area contributed by atoms with Crippen LogP contribution in [0.5, 0.6) is 5.75 Å². The molecule has 1 aliphatic carbocycles. The molecule has 1 aliphatic rings. The molecule has 4 nitrogen and oxygen atoms in total. The number of rotatable bonds is 8. The molecule has 0 atom stereocenters. The van der Waals surface area contributed by atoms with E-state index in [0.29, 0.717) is 36.0 Å². The van der Waals surface area contributed by atoms with Gasteiger partial charge in [0.25, 0.3) is 0 Å². The van der Waals surface area contributed by atoms with Gasteiger partial charge >= 0.3 is 12.1 Å². The molecule has 1 fully saturated rings. The van der Waals surface area contributed by atoms with Gasteiger partial charge in [0.1, 0.15) is 12.4 Å². The van der Waals surface area contributed by atoms with Crippen LogP contribution in [0.15, 0.2) is 54.7 Å². The van der Waals surface area contributed by atoms with Crippen LogP contribution < -0.4 is 4.74 Å². The van der Waals surface area contributed by atoms with Crippen LogP contribution in [0.3, 0.4) is 0 Å². The van der Waals surface area contributed by atoms with Gasteiger partial charge in [-0.3, -0.25) is 9.78 Å². The number of aryl methyl sites for hydroxylation is 2. The van der Waals surface area contributed by atoms with Crippen LogP contribution in [-0.4, -0.2) is 16.1 Å². The Labute approximate surface area is 190 Å². The summed E-state index contributed by atoms with van der Waals surface area (Å²) in [6.07, 6.45) is 0.0843. The standard InChI is InChI=1S/C26H24F3NO3/c1-16-12-22(10-6-17(16)7-11-25(31)32)33-15-20-14-30-24(13-23(20)18-2-3-18)19-4-8-21(9-5-19)26(27,28)29/h4-6,8-10,12-14,18H,2-3,7,11,15H2,1H3,(H,31,32). The predicted octanol–water partition coefficient (Wildman–Crippen LogP) is 6.55. The van der Waals surface area contributed by atoms with Gasteiger partial charge in [-0.05, 0) is 79.1 Å². The number of nitrogens with zero attached hydrogens (tertiary/aromatic N) is 1. The van der Waals surface area contributed by atoms with E-state index in [1.165, 1.54) is 12.1 Å². The van der Waals surface area contributed by atoms with E-state index in [0.717, 1.165) is 47.2 Å². The van der Waals surface area contributed by atoms with Crippen molar-refractivity contribution in [3.8, 4) is 17.0 Å². The molecule has 172 valence electrons. The Morgan fingerprint density at radius 2 is 1.82 bits per heavy atom. The molecule has 1 N–H and O–H groups in total. The third-order valence-electron chi connectivity index (χ3n) is 5.86. The van der Waals surface area contributed by atoms with Crippen molar-refractivity contribution in [2.24, 2.45) is 0 Å². The molecule has 1 aromatic heterocycles. The van der Waals surface area contributed by atoms with Crippen molar-refractivity contribution in [3.63, 3.8) is 0 Å². The summed E-state index contributed by atoms with van der Waals surface area (Å²) in [7, 11) is 0. The van der Waals surface area contributed by atoms with Gasteiger partial charge in [-0.1, -0.05) is 18.2 Å². The van der Waals surface area contributed by atoms with Crippen molar-refractivity contribution < 1.29 is 27.8 Å². The summed E-state index contributed by atoms with van der Waals surface area (Å²) >= 11 is 0. The summed E-state index contributed by atoms with van der Waals surface area (Å²) in [5, 5.41) is 8.87. The topological polar surface area (TPSA) is 59.4 Å². The quantitative estimate of drug-likeness (QED) is 0.418. The number of benzene rings is 2. The summed E-state index contributed by atoms with van der Waals surface area (Å²) in [6.45, 7) is 2.26. The maximum absolute atomic E-state index is 12.8. The van der Waals surface area contributed by atoms with Crippen molar-refractivity contribution >= 4 is 5.97 Å². The normalized spacial score (nSPS) is 13.7. The number of carboxylic acids is 1. The predicted molar refractivity (Wildman–Crippen MR) is 118 cm³/mol. The molecule has 7 heteroatoms. The SMILES string of the molecule is Cc1cc(OCc2cnc(-c3ccc(C(F)(F)F)cc3)cc2C2CC2)ccc1CCC(=O)O. The summed E-state index contributed by atoms with van der Waals surface area (Å²) in [4.78, 5) is 15.3. The van der Waals surface area contributed by atoms with Crippen molar-refractivity contribution in [1.29, 1.82) is 0 Å². The van der Waals surface area contributed by atoms with Gasteiger partial charge in [0, 0.05) is 23.7 Å². The number of aliphatic carboxylic acids is 1. The largest absolute Gasteiger partial charge is 0.489 e. The van der Waals surface area contributed by atoms with Crippen LogP contribution in [0, 0.1) is 6.92 Å². The summed E-state index contributed by atoms with van der Waals surface area (Å²) in [6, 6.07) is 12.6. The molecule has 1 heterocycles. The smallest absolute Gasteiger partial charge is 0.416 e. The van der Waals surface area contributed by atoms with E-state index in [-0.39, 0.29) is 6.42 Å². The number of aromatic nitrogens is 1. The zero-order chi connectivity index (χ0) is 23.6. The molecule has 0 saturated heterocycles. The highest BCUT2D eigenvalue weighted by Crippen LogP contribution is 2.43. The number of halogens is 3. The molecule has 0 amide bonds. The van der Waals surface area contributed by atoms with Crippen molar-refractivity contribution in [3.05, 3.63) is 82.5 Å². The molecule has 0 bridgehead atoms. The monoisotopic (exact) mass is 455 g/mol. The van der Waals surface area contributed by atoms with E-state index in [1.54, 1.807) is 6.20 Å². The molecule has 1 saturated carbocycles. The Bertz CT molecular complexity index is 1150. The van der Waals surface area contributed by atoms with Gasteiger partial charge in [0.2, 0.25) is 0 Å². The second-order valence-corrected chi connectivity index (χ2v) is 8.39. The zero-order valence-electron chi connectivity index (χ0n) is 18.2. The van der Waals surface area contributed by atoms with Crippen LogP contribution >= 0.6 is 0 Å². The molecular formula is C26H24F3NO3. The number of ether oxygens (including phenoxy) is 1. The van der Waals surface area contributed by atoms with E-state index < -0.39 is 17.7 Å². The van der Waals surface area contributed by atoms with E-state index >= 15 is 0 Å². The Morgan fingerprint density at radius 3 is 2.42 bits per heavy atom. The van der Waals surface area contributed by atoms with Crippen molar-refractivity contribution in [1.82, 2.24) is 4.98 Å². The third-order valence-corrected chi connectivity index (χ3v) is 5.86. The van der Waals surface area contributed by atoms with Crippen molar-refractivity contribution in [2.75, 3.05) is 0 Å². The summed E-state index contributed by atoms with van der Waals surface area (Å²) in [5.41, 5.74) is 4.65. The van der Waals surface area contributed by atoms with E-state index in [9.17, 15) is 18.0 Å². The molecule has 2 aromatic carbocycles. The van der Waals surface area contributed by atoms with Gasteiger partial charge in [-0.15, -0.1) is 0 Å². The molecule has 0 radical (unpaired) electrons. The van der Waals surface area contributed by atoms with Crippen LogP contribution in [0.4, 0.5) is 13.2 Å². The minimum absolute atomic E-state index is 0.0861.